The van der Waals surface area contributed by atoms with Gasteiger partial charge >= 0.3 is 0 Å². The normalized spacial score (nSPS) is 21.9. The zero-order valence-electron chi connectivity index (χ0n) is 13.2. The van der Waals surface area contributed by atoms with Crippen molar-refractivity contribution in [3.63, 3.8) is 0 Å². The molecule has 22 heavy (non-hydrogen) atoms. The molecule has 1 saturated heterocycles. The minimum Gasteiger partial charge on any atom is -0.327 e. The van der Waals surface area contributed by atoms with E-state index in [0.717, 1.165) is 37.4 Å². The number of rotatable bonds is 3. The van der Waals surface area contributed by atoms with Crippen molar-refractivity contribution in [1.29, 1.82) is 5.26 Å². The fraction of sp³-hybridized carbons (Fsp3) is 0.647. The number of anilines is 1. The second-order valence-corrected chi connectivity index (χ2v) is 7.81. The van der Waals surface area contributed by atoms with Crippen LogP contribution in [-0.2, 0) is 17.6 Å². The van der Waals surface area contributed by atoms with E-state index in [1.807, 2.05) is 0 Å². The molecule has 5 heteroatoms. The van der Waals surface area contributed by atoms with Gasteiger partial charge in [0.2, 0.25) is 0 Å². The van der Waals surface area contributed by atoms with Gasteiger partial charge in [0.25, 0.3) is 5.91 Å². The molecule has 4 nitrogen and oxygen atoms in total. The summed E-state index contributed by atoms with van der Waals surface area (Å²) in [5, 5.41) is 13.3. The molecule has 1 aromatic rings. The Labute approximate surface area is 136 Å². The number of nitrogens with zero attached hydrogens (tertiary/aromatic N) is 1. The largest absolute Gasteiger partial charge is 0.327 e. The number of hydrogen-bond acceptors (Lipinski definition) is 3. The lowest BCUT2D eigenvalue weighted by Crippen LogP contribution is -3.13. The van der Waals surface area contributed by atoms with Crippen LogP contribution in [0.5, 0.6) is 0 Å². The van der Waals surface area contributed by atoms with Crippen LogP contribution < -0.4 is 10.2 Å². The highest BCUT2D eigenvalue weighted by Gasteiger charge is 2.25. The van der Waals surface area contributed by atoms with E-state index < -0.39 is 0 Å². The minimum atomic E-state index is 0.0556. The van der Waals surface area contributed by atoms with Gasteiger partial charge in [0, 0.05) is 4.88 Å². The summed E-state index contributed by atoms with van der Waals surface area (Å²) in [6.07, 6.45) is 6.89. The molecule has 3 rings (SSSR count). The van der Waals surface area contributed by atoms with Crippen LogP contribution in [0.4, 0.5) is 5.00 Å². The molecule has 2 aliphatic rings. The monoisotopic (exact) mass is 318 g/mol. The Morgan fingerprint density at radius 2 is 2.18 bits per heavy atom. The fourth-order valence-corrected chi connectivity index (χ4v) is 4.96. The summed E-state index contributed by atoms with van der Waals surface area (Å²) in [6, 6.07) is 2.32. The highest BCUT2D eigenvalue weighted by Crippen LogP contribution is 2.39. The first-order valence-corrected chi connectivity index (χ1v) is 9.17. The van der Waals surface area contributed by atoms with Crippen LogP contribution in [0.3, 0.4) is 0 Å². The number of hydrogen-bond donors (Lipinski definition) is 2. The first-order valence-electron chi connectivity index (χ1n) is 8.35. The first kappa shape index (κ1) is 15.5. The van der Waals surface area contributed by atoms with Gasteiger partial charge in [0.15, 0.2) is 6.54 Å². The van der Waals surface area contributed by atoms with Crippen molar-refractivity contribution in [3.8, 4) is 6.07 Å². The van der Waals surface area contributed by atoms with Crippen LogP contribution in [0.15, 0.2) is 0 Å². The summed E-state index contributed by atoms with van der Waals surface area (Å²) in [5.41, 5.74) is 1.90. The second-order valence-electron chi connectivity index (χ2n) is 6.70. The van der Waals surface area contributed by atoms with Crippen LogP contribution in [0.25, 0.3) is 0 Å². The van der Waals surface area contributed by atoms with Crippen molar-refractivity contribution in [2.45, 2.75) is 45.4 Å². The predicted molar refractivity (Wildman–Crippen MR) is 88.3 cm³/mol. The SMILES string of the molecule is C[C@H]1CCc2c(sc(NC(=O)C[NH+]3CCCCC3)c2C#N)C1. The highest BCUT2D eigenvalue weighted by atomic mass is 32.1. The maximum Gasteiger partial charge on any atom is 0.280 e. The molecule has 0 unspecified atom stereocenters. The molecular weight excluding hydrogens is 294 g/mol. The maximum atomic E-state index is 12.3. The molecule has 1 fully saturated rings. The van der Waals surface area contributed by atoms with Gasteiger partial charge in [-0.25, -0.2) is 0 Å². The van der Waals surface area contributed by atoms with Gasteiger partial charge in [-0.2, -0.15) is 5.26 Å². The number of nitriles is 1. The number of piperidine rings is 1. The number of thiophene rings is 1. The number of amides is 1. The number of quaternary nitrogens is 1. The third kappa shape index (κ3) is 3.34. The molecule has 1 aliphatic heterocycles. The zero-order valence-corrected chi connectivity index (χ0v) is 14.0. The van der Waals surface area contributed by atoms with E-state index in [4.69, 9.17) is 0 Å². The van der Waals surface area contributed by atoms with E-state index in [2.05, 4.69) is 18.3 Å². The van der Waals surface area contributed by atoms with Gasteiger partial charge in [0.05, 0.1) is 18.7 Å². The Kier molecular flexibility index (Phi) is 4.80. The van der Waals surface area contributed by atoms with E-state index in [0.29, 0.717) is 18.0 Å². The number of nitrogens with one attached hydrogen (secondary N) is 2. The number of carbonyl (C=O) groups is 1. The molecule has 2 heterocycles. The summed E-state index contributed by atoms with van der Waals surface area (Å²) < 4.78 is 0. The van der Waals surface area contributed by atoms with Crippen molar-refractivity contribution in [1.82, 2.24) is 0 Å². The lowest BCUT2D eigenvalue weighted by atomic mass is 9.89. The Morgan fingerprint density at radius 1 is 1.41 bits per heavy atom. The van der Waals surface area contributed by atoms with Gasteiger partial charge in [-0.05, 0) is 50.0 Å². The Hall–Kier alpha value is -1.38. The smallest absolute Gasteiger partial charge is 0.280 e. The van der Waals surface area contributed by atoms with Gasteiger partial charge in [-0.1, -0.05) is 6.92 Å². The average molecular weight is 318 g/mol. The number of likely N-dealkylation sites (tertiary alicyclic amines) is 1. The quantitative estimate of drug-likeness (QED) is 0.892. The minimum absolute atomic E-state index is 0.0556. The van der Waals surface area contributed by atoms with Gasteiger partial charge in [0.1, 0.15) is 11.1 Å². The molecule has 0 bridgehead atoms. The van der Waals surface area contributed by atoms with E-state index in [-0.39, 0.29) is 5.91 Å². The van der Waals surface area contributed by atoms with Crippen LogP contribution in [-0.4, -0.2) is 25.5 Å². The molecule has 1 aromatic heterocycles. The molecular formula is C17H24N3OS+. The van der Waals surface area contributed by atoms with Crippen molar-refractivity contribution in [2.24, 2.45) is 5.92 Å². The summed E-state index contributed by atoms with van der Waals surface area (Å²) in [5.74, 6) is 0.735. The van der Waals surface area contributed by atoms with Crippen LogP contribution >= 0.6 is 11.3 Å². The Morgan fingerprint density at radius 3 is 2.91 bits per heavy atom. The van der Waals surface area contributed by atoms with Crippen molar-refractivity contribution in [2.75, 3.05) is 25.0 Å². The number of carbonyl (C=O) groups excluding carboxylic acids is 1. The molecule has 0 radical (unpaired) electrons. The maximum absolute atomic E-state index is 12.3. The first-order chi connectivity index (χ1) is 10.7. The van der Waals surface area contributed by atoms with Gasteiger partial charge in [-0.3, -0.25) is 4.79 Å². The highest BCUT2D eigenvalue weighted by molar-refractivity contribution is 7.16. The molecule has 118 valence electrons. The van der Waals surface area contributed by atoms with E-state index in [1.54, 1.807) is 11.3 Å². The molecule has 0 spiro atoms. The van der Waals surface area contributed by atoms with Crippen molar-refractivity contribution >= 4 is 22.2 Å². The number of fused-ring (bicyclic) bond motifs is 1. The lowest BCUT2D eigenvalue weighted by Gasteiger charge is -2.22. The summed E-state index contributed by atoms with van der Waals surface area (Å²) in [7, 11) is 0. The molecule has 1 atom stereocenters. The summed E-state index contributed by atoms with van der Waals surface area (Å²) in [4.78, 5) is 15.0. The third-order valence-electron chi connectivity index (χ3n) is 4.85. The Balaban J connectivity index is 1.69. The standard InChI is InChI=1S/C17H23N3OS/c1-12-5-6-13-14(10-18)17(22-15(13)9-12)19-16(21)11-20-7-3-2-4-8-20/h12H,2-9,11H2,1H3,(H,19,21)/p+1/t12-/m0/s1. The zero-order chi connectivity index (χ0) is 15.5. The van der Waals surface area contributed by atoms with Crippen LogP contribution in [0.1, 0.15) is 48.6 Å². The van der Waals surface area contributed by atoms with Gasteiger partial charge < -0.3 is 10.2 Å². The topological polar surface area (TPSA) is 57.3 Å². The molecule has 2 N–H and O–H groups in total. The molecule has 0 saturated carbocycles. The van der Waals surface area contributed by atoms with Crippen LogP contribution in [0.2, 0.25) is 0 Å². The Bertz CT molecular complexity index is 596. The summed E-state index contributed by atoms with van der Waals surface area (Å²) in [6.45, 7) is 4.98. The van der Waals surface area contributed by atoms with E-state index in [9.17, 15) is 10.1 Å². The summed E-state index contributed by atoms with van der Waals surface area (Å²) >= 11 is 1.62. The predicted octanol–water partition coefficient (Wildman–Crippen LogP) is 1.75. The van der Waals surface area contributed by atoms with Crippen LogP contribution in [0, 0.1) is 17.2 Å². The molecule has 1 aliphatic carbocycles. The third-order valence-corrected chi connectivity index (χ3v) is 6.02. The second kappa shape index (κ2) is 6.80. The van der Waals surface area contributed by atoms with Crippen molar-refractivity contribution < 1.29 is 9.69 Å². The lowest BCUT2D eigenvalue weighted by molar-refractivity contribution is -0.896. The molecule has 1 amide bonds. The van der Waals surface area contributed by atoms with Crippen molar-refractivity contribution in [3.05, 3.63) is 16.0 Å². The van der Waals surface area contributed by atoms with Gasteiger partial charge in [-0.15, -0.1) is 11.3 Å². The fourth-order valence-electron chi connectivity index (χ4n) is 3.58. The molecule has 0 aromatic carbocycles. The van der Waals surface area contributed by atoms with E-state index >= 15 is 0 Å². The van der Waals surface area contributed by atoms with E-state index in [1.165, 1.54) is 34.6 Å². The average Bonchev–Trinajstić information content (AvgIpc) is 2.84.